The van der Waals surface area contributed by atoms with E-state index in [4.69, 9.17) is 16.3 Å². The standard InChI is InChI=1S/C17H21ClN4O3/c1-25-16(23)12-15(13-6-2-3-7-14(13)18)21-17(24)19-8-4-10-22-11-5-9-20-22/h2-3,5-7,9,11,15H,4,8,10,12H2,1H3,(H2,19,21,24). The topological polar surface area (TPSA) is 85.2 Å². The van der Waals surface area contributed by atoms with Crippen molar-refractivity contribution in [1.29, 1.82) is 0 Å². The summed E-state index contributed by atoms with van der Waals surface area (Å²) < 4.78 is 6.50. The predicted octanol–water partition coefficient (Wildman–Crippen LogP) is 2.53. The van der Waals surface area contributed by atoms with Gasteiger partial charge in [-0.2, -0.15) is 5.10 Å². The molecule has 0 saturated carbocycles. The first-order valence-corrected chi connectivity index (χ1v) is 8.31. The number of amides is 2. The Bertz CT molecular complexity index is 691. The Hall–Kier alpha value is -2.54. The summed E-state index contributed by atoms with van der Waals surface area (Å²) in [6, 6.07) is 7.99. The fourth-order valence-corrected chi connectivity index (χ4v) is 2.60. The van der Waals surface area contributed by atoms with Crippen LogP contribution in [0.15, 0.2) is 42.7 Å². The first kappa shape index (κ1) is 18.8. The number of esters is 1. The van der Waals surface area contributed by atoms with Crippen LogP contribution in [0.5, 0.6) is 0 Å². The van der Waals surface area contributed by atoms with Crippen molar-refractivity contribution in [3.05, 3.63) is 53.3 Å². The summed E-state index contributed by atoms with van der Waals surface area (Å²) in [5.74, 6) is -0.427. The fourth-order valence-electron chi connectivity index (χ4n) is 2.33. The predicted molar refractivity (Wildman–Crippen MR) is 94.2 cm³/mol. The number of nitrogens with one attached hydrogen (secondary N) is 2. The SMILES string of the molecule is COC(=O)CC(NC(=O)NCCCn1cccn1)c1ccccc1Cl. The number of methoxy groups -OCH3 is 1. The Morgan fingerprint density at radius 1 is 1.32 bits per heavy atom. The van der Waals surface area contributed by atoms with E-state index >= 15 is 0 Å². The Balaban J connectivity index is 1.88. The van der Waals surface area contributed by atoms with Crippen LogP contribution < -0.4 is 10.6 Å². The molecule has 0 bridgehead atoms. The van der Waals surface area contributed by atoms with Gasteiger partial charge in [-0.3, -0.25) is 9.48 Å². The lowest BCUT2D eigenvalue weighted by Crippen LogP contribution is -2.39. The molecule has 1 unspecified atom stereocenters. The summed E-state index contributed by atoms with van der Waals surface area (Å²) in [4.78, 5) is 23.8. The summed E-state index contributed by atoms with van der Waals surface area (Å²) in [7, 11) is 1.31. The molecule has 1 heterocycles. The van der Waals surface area contributed by atoms with E-state index in [0.717, 1.165) is 6.42 Å². The third kappa shape index (κ3) is 6.11. The van der Waals surface area contributed by atoms with Gasteiger partial charge in [0.2, 0.25) is 0 Å². The third-order valence-electron chi connectivity index (χ3n) is 3.59. The largest absolute Gasteiger partial charge is 0.469 e. The first-order valence-electron chi connectivity index (χ1n) is 7.93. The Morgan fingerprint density at radius 2 is 2.12 bits per heavy atom. The van der Waals surface area contributed by atoms with Crippen LogP contribution >= 0.6 is 11.6 Å². The summed E-state index contributed by atoms with van der Waals surface area (Å²) in [6.45, 7) is 1.20. The number of aryl methyl sites for hydroxylation is 1. The van der Waals surface area contributed by atoms with E-state index in [2.05, 4.69) is 15.7 Å². The molecule has 1 aromatic carbocycles. The molecule has 0 aliphatic heterocycles. The maximum atomic E-state index is 12.1. The van der Waals surface area contributed by atoms with E-state index in [1.165, 1.54) is 7.11 Å². The van der Waals surface area contributed by atoms with Gasteiger partial charge >= 0.3 is 12.0 Å². The molecule has 2 rings (SSSR count). The molecule has 0 radical (unpaired) electrons. The van der Waals surface area contributed by atoms with E-state index in [9.17, 15) is 9.59 Å². The molecule has 0 aliphatic carbocycles. The zero-order valence-electron chi connectivity index (χ0n) is 13.9. The monoisotopic (exact) mass is 364 g/mol. The summed E-state index contributed by atoms with van der Waals surface area (Å²) in [5, 5.41) is 10.1. The molecule has 8 heteroatoms. The van der Waals surface area contributed by atoms with Crippen LogP contribution in [0.4, 0.5) is 4.79 Å². The summed E-state index contributed by atoms with van der Waals surface area (Å²) >= 11 is 6.18. The van der Waals surface area contributed by atoms with Gasteiger partial charge < -0.3 is 15.4 Å². The molecule has 1 atom stereocenters. The second-order valence-corrected chi connectivity index (χ2v) is 5.78. The van der Waals surface area contributed by atoms with Crippen molar-refractivity contribution in [3.8, 4) is 0 Å². The average Bonchev–Trinajstić information content (AvgIpc) is 3.12. The lowest BCUT2D eigenvalue weighted by atomic mass is 10.0. The number of ether oxygens (including phenoxy) is 1. The van der Waals surface area contributed by atoms with Crippen LogP contribution in [0.25, 0.3) is 0 Å². The number of carbonyl (C=O) groups is 2. The van der Waals surface area contributed by atoms with Gasteiger partial charge in [0.25, 0.3) is 0 Å². The molecule has 0 fully saturated rings. The normalized spacial score (nSPS) is 11.6. The molecular formula is C17H21ClN4O3. The van der Waals surface area contributed by atoms with Gasteiger partial charge in [0.05, 0.1) is 19.6 Å². The lowest BCUT2D eigenvalue weighted by Gasteiger charge is -2.19. The second-order valence-electron chi connectivity index (χ2n) is 5.38. The van der Waals surface area contributed by atoms with Crippen molar-refractivity contribution in [2.75, 3.05) is 13.7 Å². The molecule has 0 spiro atoms. The van der Waals surface area contributed by atoms with Crippen LogP contribution in [0.1, 0.15) is 24.4 Å². The van der Waals surface area contributed by atoms with Crippen molar-refractivity contribution in [2.45, 2.75) is 25.4 Å². The zero-order valence-corrected chi connectivity index (χ0v) is 14.7. The van der Waals surface area contributed by atoms with E-state index in [-0.39, 0.29) is 12.5 Å². The second kappa shape index (κ2) is 9.68. The molecule has 7 nitrogen and oxygen atoms in total. The van der Waals surface area contributed by atoms with Crippen molar-refractivity contribution in [2.24, 2.45) is 0 Å². The van der Waals surface area contributed by atoms with Gasteiger partial charge in [-0.25, -0.2) is 4.79 Å². The van der Waals surface area contributed by atoms with Crippen LogP contribution in [-0.4, -0.2) is 35.4 Å². The first-order chi connectivity index (χ1) is 12.1. The van der Waals surface area contributed by atoms with Crippen LogP contribution in [-0.2, 0) is 16.1 Å². The van der Waals surface area contributed by atoms with Gasteiger partial charge in [0.1, 0.15) is 0 Å². The highest BCUT2D eigenvalue weighted by Gasteiger charge is 2.20. The quantitative estimate of drug-likeness (QED) is 0.556. The molecule has 0 saturated heterocycles. The maximum absolute atomic E-state index is 12.1. The Labute approximate surface area is 151 Å². The molecule has 0 aliphatic rings. The van der Waals surface area contributed by atoms with Crippen molar-refractivity contribution in [3.63, 3.8) is 0 Å². The number of rotatable bonds is 8. The molecular weight excluding hydrogens is 344 g/mol. The van der Waals surface area contributed by atoms with E-state index in [1.54, 1.807) is 35.1 Å². The highest BCUT2D eigenvalue weighted by atomic mass is 35.5. The van der Waals surface area contributed by atoms with Crippen molar-refractivity contribution in [1.82, 2.24) is 20.4 Å². The van der Waals surface area contributed by atoms with Crippen LogP contribution in [0.2, 0.25) is 5.02 Å². The van der Waals surface area contributed by atoms with Gasteiger partial charge in [-0.05, 0) is 24.1 Å². The fraction of sp³-hybridized carbons (Fsp3) is 0.353. The molecule has 2 amide bonds. The number of carbonyl (C=O) groups excluding carboxylic acids is 2. The highest BCUT2D eigenvalue weighted by molar-refractivity contribution is 6.31. The number of hydrogen-bond donors (Lipinski definition) is 2. The number of hydrogen-bond acceptors (Lipinski definition) is 4. The maximum Gasteiger partial charge on any atom is 0.315 e. The molecule has 1 aromatic heterocycles. The summed E-state index contributed by atoms with van der Waals surface area (Å²) in [5.41, 5.74) is 0.668. The van der Waals surface area contributed by atoms with Crippen LogP contribution in [0, 0.1) is 0 Å². The molecule has 2 aromatic rings. The minimum Gasteiger partial charge on any atom is -0.469 e. The van der Waals surface area contributed by atoms with Crippen molar-refractivity contribution < 1.29 is 14.3 Å². The van der Waals surface area contributed by atoms with Gasteiger partial charge in [0.15, 0.2) is 0 Å². The number of benzene rings is 1. The zero-order chi connectivity index (χ0) is 18.1. The Morgan fingerprint density at radius 3 is 2.80 bits per heavy atom. The van der Waals surface area contributed by atoms with E-state index < -0.39 is 12.0 Å². The molecule has 25 heavy (non-hydrogen) atoms. The number of aromatic nitrogens is 2. The Kier molecular flexibility index (Phi) is 7.28. The van der Waals surface area contributed by atoms with Gasteiger partial charge in [-0.1, -0.05) is 29.8 Å². The summed E-state index contributed by atoms with van der Waals surface area (Å²) in [6.07, 6.45) is 4.31. The van der Waals surface area contributed by atoms with E-state index in [1.807, 2.05) is 12.3 Å². The molecule has 2 N–H and O–H groups in total. The third-order valence-corrected chi connectivity index (χ3v) is 3.94. The average molecular weight is 365 g/mol. The molecule has 134 valence electrons. The van der Waals surface area contributed by atoms with Crippen molar-refractivity contribution >= 4 is 23.6 Å². The minimum atomic E-state index is -0.563. The number of halogens is 1. The van der Waals surface area contributed by atoms with Gasteiger partial charge in [0, 0.05) is 30.5 Å². The number of nitrogens with zero attached hydrogens (tertiary/aromatic N) is 2. The minimum absolute atomic E-state index is 0.000933. The lowest BCUT2D eigenvalue weighted by molar-refractivity contribution is -0.141. The smallest absolute Gasteiger partial charge is 0.315 e. The highest BCUT2D eigenvalue weighted by Crippen LogP contribution is 2.25. The number of urea groups is 1. The van der Waals surface area contributed by atoms with Crippen LogP contribution in [0.3, 0.4) is 0 Å². The van der Waals surface area contributed by atoms with Gasteiger partial charge in [-0.15, -0.1) is 0 Å². The van der Waals surface area contributed by atoms with E-state index in [0.29, 0.717) is 23.7 Å².